The van der Waals surface area contributed by atoms with Crippen molar-refractivity contribution in [2.45, 2.75) is 91.2 Å². The van der Waals surface area contributed by atoms with E-state index < -0.39 is 35.9 Å². The highest BCUT2D eigenvalue weighted by atomic mass is 19.4. The summed E-state index contributed by atoms with van der Waals surface area (Å²) in [7, 11) is 0. The number of nitrogens with one attached hydrogen (secondary N) is 1. The second kappa shape index (κ2) is 14.8. The van der Waals surface area contributed by atoms with E-state index in [1.165, 1.54) is 57.2 Å². The maximum absolute atomic E-state index is 12.5. The van der Waals surface area contributed by atoms with Gasteiger partial charge in [0.15, 0.2) is 0 Å². The Morgan fingerprint density at radius 1 is 1.02 bits per heavy atom. The number of allylic oxidation sites excluding steroid dienone is 1. The van der Waals surface area contributed by atoms with Crippen LogP contribution in [0.5, 0.6) is 0 Å². The lowest BCUT2D eigenvalue weighted by molar-refractivity contribution is -0.143. The van der Waals surface area contributed by atoms with Gasteiger partial charge in [-0.3, -0.25) is 4.79 Å². The van der Waals surface area contributed by atoms with E-state index in [4.69, 9.17) is 0 Å². The number of carbonyl (C=O) groups excluding carboxylic acids is 1. The second-order valence-electron chi connectivity index (χ2n) is 12.5. The summed E-state index contributed by atoms with van der Waals surface area (Å²) >= 11 is 0. The number of alkyl halides is 6. The fraction of sp³-hybridized carbons (Fsp3) is 0.559. The summed E-state index contributed by atoms with van der Waals surface area (Å²) in [6.07, 6.45) is 3.39. The number of likely N-dealkylation sites (tertiary alicyclic amines) is 1. The second-order valence-corrected chi connectivity index (χ2v) is 12.5. The number of hydrogen-bond donors (Lipinski definition) is 1. The first-order valence-corrected chi connectivity index (χ1v) is 15.1. The van der Waals surface area contributed by atoms with Gasteiger partial charge >= 0.3 is 12.4 Å². The molecule has 3 nitrogen and oxygen atoms in total. The molecule has 1 saturated carbocycles. The van der Waals surface area contributed by atoms with Crippen LogP contribution in [0.4, 0.5) is 26.3 Å². The molecule has 1 aliphatic heterocycles. The normalized spacial score (nSPS) is 24.9. The first-order valence-electron chi connectivity index (χ1n) is 15.1. The average Bonchev–Trinajstić information content (AvgIpc) is 3.33. The van der Waals surface area contributed by atoms with E-state index >= 15 is 0 Å². The van der Waals surface area contributed by atoms with E-state index in [0.29, 0.717) is 17.5 Å². The summed E-state index contributed by atoms with van der Waals surface area (Å²) in [4.78, 5) is 13.4. The Morgan fingerprint density at radius 2 is 1.65 bits per heavy atom. The molecule has 3 unspecified atom stereocenters. The molecule has 0 aromatic heterocycles. The quantitative estimate of drug-likeness (QED) is 0.317. The van der Waals surface area contributed by atoms with Gasteiger partial charge < -0.3 is 10.2 Å². The van der Waals surface area contributed by atoms with E-state index in [1.807, 2.05) is 0 Å². The van der Waals surface area contributed by atoms with Crippen LogP contribution in [0.1, 0.15) is 88.5 Å². The lowest BCUT2D eigenvalue weighted by atomic mass is 9.83. The third-order valence-corrected chi connectivity index (χ3v) is 8.71. The highest BCUT2D eigenvalue weighted by Crippen LogP contribution is 2.44. The number of hydrogen-bond acceptors (Lipinski definition) is 2. The first-order chi connectivity index (χ1) is 20.1. The van der Waals surface area contributed by atoms with Crippen LogP contribution in [-0.4, -0.2) is 29.9 Å². The molecule has 2 aromatic carbocycles. The predicted octanol–water partition coefficient (Wildman–Crippen LogP) is 9.38. The summed E-state index contributed by atoms with van der Waals surface area (Å²) < 4.78 is 74.9. The number of rotatable bonds is 7. The molecular weight excluding hydrogens is 566 g/mol. The Kier molecular flexibility index (Phi) is 11.9. The Hall–Kier alpha value is -2.81. The van der Waals surface area contributed by atoms with E-state index in [2.05, 4.69) is 73.5 Å². The number of amides is 1. The lowest BCUT2D eigenvalue weighted by Crippen LogP contribution is -2.44. The highest BCUT2D eigenvalue weighted by Gasteiger charge is 2.39. The summed E-state index contributed by atoms with van der Waals surface area (Å²) in [6.45, 7) is 10.6. The Morgan fingerprint density at radius 3 is 2.19 bits per heavy atom. The van der Waals surface area contributed by atoms with Gasteiger partial charge in [-0.25, -0.2) is 0 Å². The van der Waals surface area contributed by atoms with Crippen molar-refractivity contribution >= 4 is 12.0 Å². The fourth-order valence-corrected chi connectivity index (χ4v) is 6.39. The van der Waals surface area contributed by atoms with Gasteiger partial charge in [-0.15, -0.1) is 0 Å². The number of nitrogens with zero attached hydrogens (tertiary/aromatic N) is 1. The van der Waals surface area contributed by atoms with Crippen molar-refractivity contribution in [2.24, 2.45) is 17.3 Å². The van der Waals surface area contributed by atoms with Crippen molar-refractivity contribution < 1.29 is 31.1 Å². The Balaban J connectivity index is 0.000000243. The van der Waals surface area contributed by atoms with E-state index in [-0.39, 0.29) is 11.6 Å². The van der Waals surface area contributed by atoms with Gasteiger partial charge in [0.05, 0.1) is 11.1 Å². The van der Waals surface area contributed by atoms with E-state index in [0.717, 1.165) is 24.8 Å². The molecule has 0 bridgehead atoms. The van der Waals surface area contributed by atoms with Crippen LogP contribution in [0, 0.1) is 17.3 Å². The largest absolute Gasteiger partial charge is 0.416 e. The third kappa shape index (κ3) is 10.7. The molecule has 2 aliphatic rings. The van der Waals surface area contributed by atoms with Crippen molar-refractivity contribution in [1.29, 1.82) is 0 Å². The van der Waals surface area contributed by atoms with Crippen LogP contribution in [-0.2, 0) is 23.7 Å². The first kappa shape index (κ1) is 34.7. The van der Waals surface area contributed by atoms with Crippen molar-refractivity contribution in [3.8, 4) is 0 Å². The van der Waals surface area contributed by atoms with Gasteiger partial charge in [0.1, 0.15) is 0 Å². The zero-order chi connectivity index (χ0) is 31.8. The van der Waals surface area contributed by atoms with Gasteiger partial charge in [0.25, 0.3) is 0 Å². The molecule has 4 rings (SSSR count). The van der Waals surface area contributed by atoms with Gasteiger partial charge in [0.2, 0.25) is 5.91 Å². The van der Waals surface area contributed by atoms with Gasteiger partial charge in [-0.2, -0.15) is 26.3 Å². The number of carbonyl (C=O) groups is 1. The minimum atomic E-state index is -4.88. The molecule has 1 heterocycles. The smallest absolute Gasteiger partial charge is 0.352 e. The molecule has 0 spiro atoms. The zero-order valence-electron chi connectivity index (χ0n) is 25.5. The van der Waals surface area contributed by atoms with Crippen molar-refractivity contribution in [3.63, 3.8) is 0 Å². The van der Waals surface area contributed by atoms with Gasteiger partial charge in [-0.05, 0) is 85.2 Å². The molecule has 1 aliphatic carbocycles. The molecule has 1 N–H and O–H groups in total. The maximum Gasteiger partial charge on any atom is 0.416 e. The molecule has 1 amide bonds. The van der Waals surface area contributed by atoms with Crippen LogP contribution in [0.3, 0.4) is 0 Å². The highest BCUT2D eigenvalue weighted by molar-refractivity contribution is 5.72. The van der Waals surface area contributed by atoms with E-state index in [9.17, 15) is 31.1 Å². The van der Waals surface area contributed by atoms with Gasteiger partial charge in [0, 0.05) is 26.1 Å². The van der Waals surface area contributed by atoms with Crippen LogP contribution < -0.4 is 5.32 Å². The summed E-state index contributed by atoms with van der Waals surface area (Å²) in [5, 5.41) is 2.15. The Bertz CT molecular complexity index is 1180. The van der Waals surface area contributed by atoms with Crippen LogP contribution in [0.25, 0.3) is 6.08 Å². The van der Waals surface area contributed by atoms with Crippen LogP contribution >= 0.6 is 0 Å². The molecule has 0 radical (unpaired) electrons. The molecule has 2 fully saturated rings. The minimum Gasteiger partial charge on any atom is -0.352 e. The minimum absolute atomic E-state index is 0.0390. The van der Waals surface area contributed by atoms with Gasteiger partial charge in [-0.1, -0.05) is 69.7 Å². The molecule has 4 atom stereocenters. The predicted molar refractivity (Wildman–Crippen MR) is 159 cm³/mol. The van der Waals surface area contributed by atoms with E-state index in [1.54, 1.807) is 0 Å². The lowest BCUT2D eigenvalue weighted by Gasteiger charge is -2.40. The van der Waals surface area contributed by atoms with Crippen LogP contribution in [0.15, 0.2) is 54.6 Å². The average molecular weight is 611 g/mol. The molecule has 1 saturated heterocycles. The Labute approximate surface area is 251 Å². The van der Waals surface area contributed by atoms with Crippen molar-refractivity contribution in [1.82, 2.24) is 10.2 Å². The standard InChI is InChI=1S/C23H35N.C11H9F6NO/c1-4-14-23(3)15-12-22(17-23)24-16-13-21(19(2)18-24)11-10-20-8-6-5-7-9-20;1-6(19)18-5-7-2-8(10(12,13)14)4-9(3-7)11(15,16)17/h5-11,19,21-22H,4,12-18H2,1-3H3;2-4H,5H2,1H3,(H,18,19)/b11-10-;/t19?,21-,22?,23?;/m1./s1. The zero-order valence-corrected chi connectivity index (χ0v) is 25.5. The molecular formula is C34H44F6N2O. The summed E-state index contributed by atoms with van der Waals surface area (Å²) in [6, 6.07) is 12.8. The maximum atomic E-state index is 12.5. The topological polar surface area (TPSA) is 32.3 Å². The van der Waals surface area contributed by atoms with Crippen molar-refractivity contribution in [2.75, 3.05) is 13.1 Å². The number of piperidine rings is 1. The summed E-state index contributed by atoms with van der Waals surface area (Å²) in [5.74, 6) is 0.965. The monoisotopic (exact) mass is 610 g/mol. The molecule has 238 valence electrons. The molecule has 2 aromatic rings. The molecule has 9 heteroatoms. The van der Waals surface area contributed by atoms with Crippen LogP contribution in [0.2, 0.25) is 0 Å². The number of benzene rings is 2. The number of halogens is 6. The summed E-state index contributed by atoms with van der Waals surface area (Å²) in [5.41, 5.74) is -1.12. The van der Waals surface area contributed by atoms with Crippen molar-refractivity contribution in [3.05, 3.63) is 76.9 Å². The molecule has 43 heavy (non-hydrogen) atoms. The SMILES string of the molecule is CC(=O)NCc1cc(C(F)(F)F)cc(C(F)(F)F)c1.CCCC1(C)CCC(N2CC[C@@H](/C=C\c3ccccc3)C(C)C2)C1. The third-order valence-electron chi connectivity index (χ3n) is 8.71. The fourth-order valence-electron chi connectivity index (χ4n) is 6.39.